The van der Waals surface area contributed by atoms with E-state index >= 15 is 0 Å². The maximum atomic E-state index is 11.9. The van der Waals surface area contributed by atoms with Crippen LogP contribution in [-0.4, -0.2) is 42.0 Å². The predicted molar refractivity (Wildman–Crippen MR) is 78.6 cm³/mol. The molecule has 2 unspecified atom stereocenters. The highest BCUT2D eigenvalue weighted by molar-refractivity contribution is 6.02. The molecule has 6 nitrogen and oxygen atoms in total. The summed E-state index contributed by atoms with van der Waals surface area (Å²) in [5.41, 5.74) is -1.31. The lowest BCUT2D eigenvalue weighted by atomic mass is 9.74. The fourth-order valence-corrected chi connectivity index (χ4v) is 2.68. The van der Waals surface area contributed by atoms with Crippen LogP contribution in [0.4, 0.5) is 0 Å². The van der Waals surface area contributed by atoms with Gasteiger partial charge in [0.2, 0.25) is 5.60 Å². The highest BCUT2D eigenvalue weighted by Gasteiger charge is 2.54. The number of ether oxygens (including phenoxy) is 2. The molecular weight excluding hydrogens is 288 g/mol. The van der Waals surface area contributed by atoms with Gasteiger partial charge in [0.05, 0.1) is 7.11 Å². The molecule has 0 saturated carbocycles. The summed E-state index contributed by atoms with van der Waals surface area (Å²) in [6.07, 6.45) is 4.36. The normalized spacial score (nSPS) is 23.7. The Bertz CT molecular complexity index is 660. The zero-order valence-electron chi connectivity index (χ0n) is 12.1. The van der Waals surface area contributed by atoms with Crippen molar-refractivity contribution in [3.8, 4) is 5.75 Å². The van der Waals surface area contributed by atoms with Crippen LogP contribution in [0.5, 0.6) is 5.75 Å². The minimum absolute atomic E-state index is 0.231. The van der Waals surface area contributed by atoms with Crippen molar-refractivity contribution in [3.63, 3.8) is 0 Å². The molecular formula is C16H16O6. The lowest BCUT2D eigenvalue weighted by Gasteiger charge is -2.36. The quantitative estimate of drug-likeness (QED) is 0.862. The van der Waals surface area contributed by atoms with Crippen molar-refractivity contribution >= 4 is 17.5 Å². The number of allylic oxidation sites excluding steroid dienone is 2. The van der Waals surface area contributed by atoms with Gasteiger partial charge in [-0.25, -0.2) is 4.79 Å². The van der Waals surface area contributed by atoms with E-state index in [4.69, 9.17) is 9.47 Å². The number of hydrogen-bond donors (Lipinski definition) is 2. The average Bonchev–Trinajstić information content (AvgIpc) is 2.53. The van der Waals surface area contributed by atoms with Crippen molar-refractivity contribution in [2.24, 2.45) is 5.92 Å². The van der Waals surface area contributed by atoms with E-state index in [-0.39, 0.29) is 5.57 Å². The van der Waals surface area contributed by atoms with E-state index < -0.39 is 23.5 Å². The van der Waals surface area contributed by atoms with Crippen LogP contribution in [0.2, 0.25) is 0 Å². The molecule has 0 aromatic heterocycles. The molecule has 0 heterocycles. The minimum Gasteiger partial charge on any atom is -0.496 e. The first kappa shape index (κ1) is 15.8. The van der Waals surface area contributed by atoms with Crippen molar-refractivity contribution in [2.75, 3.05) is 14.2 Å². The van der Waals surface area contributed by atoms with Crippen LogP contribution in [0.1, 0.15) is 5.56 Å². The van der Waals surface area contributed by atoms with Gasteiger partial charge < -0.3 is 19.7 Å². The third kappa shape index (κ3) is 2.27. The summed E-state index contributed by atoms with van der Waals surface area (Å²) in [6.45, 7) is 0. The Balaban J connectivity index is 2.71. The molecule has 0 radical (unpaired) electrons. The van der Waals surface area contributed by atoms with Crippen LogP contribution in [0, 0.1) is 5.92 Å². The molecule has 0 spiro atoms. The molecule has 0 bridgehead atoms. The number of aliphatic carboxylic acids is 2. The van der Waals surface area contributed by atoms with Gasteiger partial charge in [0, 0.05) is 18.2 Å². The van der Waals surface area contributed by atoms with Crippen molar-refractivity contribution < 1.29 is 29.3 Å². The maximum absolute atomic E-state index is 11.9. The number of carboxylic acids is 2. The van der Waals surface area contributed by atoms with Gasteiger partial charge in [-0.2, -0.15) is 0 Å². The van der Waals surface area contributed by atoms with Crippen LogP contribution in [-0.2, 0) is 14.3 Å². The largest absolute Gasteiger partial charge is 0.496 e. The molecule has 116 valence electrons. The Morgan fingerprint density at radius 3 is 2.41 bits per heavy atom. The van der Waals surface area contributed by atoms with E-state index in [2.05, 4.69) is 0 Å². The van der Waals surface area contributed by atoms with E-state index in [9.17, 15) is 19.8 Å². The van der Waals surface area contributed by atoms with Gasteiger partial charge in [0.15, 0.2) is 0 Å². The first-order chi connectivity index (χ1) is 10.5. The predicted octanol–water partition coefficient (Wildman–Crippen LogP) is 1.82. The van der Waals surface area contributed by atoms with Gasteiger partial charge in [0.25, 0.3) is 0 Å². The molecule has 0 saturated heterocycles. The summed E-state index contributed by atoms with van der Waals surface area (Å²) in [6, 6.07) is 6.80. The second kappa shape index (κ2) is 6.03. The summed E-state index contributed by atoms with van der Waals surface area (Å²) in [5.74, 6) is -3.55. The Labute approximate surface area is 127 Å². The molecule has 1 aromatic rings. The molecule has 1 aromatic carbocycles. The summed E-state index contributed by atoms with van der Waals surface area (Å²) >= 11 is 0. The number of rotatable bonds is 5. The molecule has 0 fully saturated rings. The number of hydrogen-bond acceptors (Lipinski definition) is 4. The second-order valence-electron chi connectivity index (χ2n) is 4.73. The van der Waals surface area contributed by atoms with Gasteiger partial charge in [-0.05, 0) is 6.07 Å². The third-order valence-electron chi connectivity index (χ3n) is 3.71. The van der Waals surface area contributed by atoms with Crippen LogP contribution < -0.4 is 4.74 Å². The summed E-state index contributed by atoms with van der Waals surface area (Å²) in [5, 5.41) is 19.1. The fourth-order valence-electron chi connectivity index (χ4n) is 2.68. The number of carbonyl (C=O) groups is 2. The molecule has 1 aliphatic carbocycles. The number of methoxy groups -OCH3 is 2. The summed E-state index contributed by atoms with van der Waals surface area (Å²) in [7, 11) is 2.65. The fraction of sp³-hybridized carbons (Fsp3) is 0.250. The van der Waals surface area contributed by atoms with Crippen LogP contribution in [0.15, 0.2) is 42.5 Å². The van der Waals surface area contributed by atoms with Crippen LogP contribution >= 0.6 is 0 Å². The third-order valence-corrected chi connectivity index (χ3v) is 3.71. The zero-order chi connectivity index (χ0) is 16.3. The van der Waals surface area contributed by atoms with E-state index in [0.717, 1.165) is 0 Å². The number of carboxylic acid groups (broad SMARTS) is 2. The molecule has 22 heavy (non-hydrogen) atoms. The van der Waals surface area contributed by atoms with E-state index in [1.54, 1.807) is 24.3 Å². The average molecular weight is 304 g/mol. The van der Waals surface area contributed by atoms with Gasteiger partial charge in [-0.3, -0.25) is 4.79 Å². The van der Waals surface area contributed by atoms with Crippen LogP contribution in [0.25, 0.3) is 5.57 Å². The molecule has 2 atom stereocenters. The number of benzene rings is 1. The molecule has 0 amide bonds. The summed E-state index contributed by atoms with van der Waals surface area (Å²) in [4.78, 5) is 23.4. The highest BCUT2D eigenvalue weighted by atomic mass is 16.5. The zero-order valence-corrected chi connectivity index (χ0v) is 12.1. The second-order valence-corrected chi connectivity index (χ2v) is 4.73. The lowest BCUT2D eigenvalue weighted by Crippen LogP contribution is -2.52. The first-order valence-corrected chi connectivity index (χ1v) is 6.52. The maximum Gasteiger partial charge on any atom is 0.341 e. The molecule has 6 heteroatoms. The molecule has 0 aliphatic heterocycles. The van der Waals surface area contributed by atoms with E-state index in [0.29, 0.717) is 11.3 Å². The van der Waals surface area contributed by atoms with E-state index in [1.807, 2.05) is 0 Å². The molecule has 2 rings (SSSR count). The SMILES string of the molecule is COc1ccccc1C1=CC=CC(C(=O)O)C1(OC)C(=O)O. The number of para-hydroxylation sites is 1. The standard InChI is InChI=1S/C16H16O6/c1-21-13-9-4-3-6-10(13)11-7-5-8-12(14(17)18)16(11,22-2)15(19)20/h3-9,12H,1-2H3,(H,17,18)(H,19,20). The lowest BCUT2D eigenvalue weighted by molar-refractivity contribution is -0.167. The summed E-state index contributed by atoms with van der Waals surface area (Å²) < 4.78 is 10.5. The van der Waals surface area contributed by atoms with Crippen molar-refractivity contribution in [1.82, 2.24) is 0 Å². The minimum atomic E-state index is -2.02. The molecule has 1 aliphatic rings. The Morgan fingerprint density at radius 2 is 1.86 bits per heavy atom. The highest BCUT2D eigenvalue weighted by Crippen LogP contribution is 2.43. The van der Waals surface area contributed by atoms with E-state index in [1.165, 1.54) is 32.4 Å². The first-order valence-electron chi connectivity index (χ1n) is 6.52. The van der Waals surface area contributed by atoms with Crippen molar-refractivity contribution in [1.29, 1.82) is 0 Å². The van der Waals surface area contributed by atoms with Gasteiger partial charge in [-0.1, -0.05) is 36.4 Å². The van der Waals surface area contributed by atoms with Crippen molar-refractivity contribution in [3.05, 3.63) is 48.1 Å². The smallest absolute Gasteiger partial charge is 0.341 e. The van der Waals surface area contributed by atoms with Crippen molar-refractivity contribution in [2.45, 2.75) is 5.60 Å². The Hall–Kier alpha value is -2.60. The Kier molecular flexibility index (Phi) is 4.32. The van der Waals surface area contributed by atoms with Gasteiger partial charge in [0.1, 0.15) is 11.7 Å². The molecule has 2 N–H and O–H groups in total. The van der Waals surface area contributed by atoms with Gasteiger partial charge in [-0.15, -0.1) is 0 Å². The van der Waals surface area contributed by atoms with Gasteiger partial charge >= 0.3 is 11.9 Å². The topological polar surface area (TPSA) is 93.1 Å². The Morgan fingerprint density at radius 1 is 1.18 bits per heavy atom. The van der Waals surface area contributed by atoms with Crippen LogP contribution in [0.3, 0.4) is 0 Å². The monoisotopic (exact) mass is 304 g/mol.